The van der Waals surface area contributed by atoms with Gasteiger partial charge in [0.15, 0.2) is 0 Å². The summed E-state index contributed by atoms with van der Waals surface area (Å²) in [6.07, 6.45) is 0. The summed E-state index contributed by atoms with van der Waals surface area (Å²) in [5, 5.41) is 8.99. The number of aryl methyl sites for hydroxylation is 1. The molecule has 2 aromatic rings. The molecular weight excluding hydrogens is 266 g/mol. The number of carboxylic acids is 1. The van der Waals surface area contributed by atoms with Gasteiger partial charge in [-0.1, -0.05) is 29.8 Å². The van der Waals surface area contributed by atoms with Crippen molar-refractivity contribution < 1.29 is 23.4 Å². The van der Waals surface area contributed by atoms with Crippen molar-refractivity contribution >= 4 is 5.97 Å². The number of halogens is 2. The van der Waals surface area contributed by atoms with Crippen molar-refractivity contribution in [2.75, 3.05) is 0 Å². The van der Waals surface area contributed by atoms with Gasteiger partial charge in [-0.05, 0) is 30.7 Å². The molecule has 0 aliphatic carbocycles. The number of aromatic carboxylic acids is 1. The molecule has 0 unspecified atom stereocenters. The normalized spacial score (nSPS) is 10.6. The van der Waals surface area contributed by atoms with Crippen LogP contribution in [0, 0.1) is 6.92 Å². The minimum absolute atomic E-state index is 0.0168. The summed E-state index contributed by atoms with van der Waals surface area (Å²) in [5.41, 5.74) is 1.91. The molecule has 0 aliphatic heterocycles. The maximum absolute atomic E-state index is 12.4. The van der Waals surface area contributed by atoms with Crippen LogP contribution < -0.4 is 4.74 Å². The number of carbonyl (C=O) groups is 1. The molecule has 2 rings (SSSR count). The van der Waals surface area contributed by atoms with E-state index in [2.05, 4.69) is 4.74 Å². The Morgan fingerprint density at radius 2 is 1.95 bits per heavy atom. The highest BCUT2D eigenvalue weighted by atomic mass is 19.3. The zero-order valence-electron chi connectivity index (χ0n) is 10.6. The predicted molar refractivity (Wildman–Crippen MR) is 70.2 cm³/mol. The number of rotatable bonds is 4. The number of alkyl halides is 2. The third-order valence-corrected chi connectivity index (χ3v) is 2.77. The molecule has 0 bridgehead atoms. The van der Waals surface area contributed by atoms with E-state index in [0.29, 0.717) is 11.1 Å². The van der Waals surface area contributed by atoms with Gasteiger partial charge in [-0.3, -0.25) is 0 Å². The monoisotopic (exact) mass is 278 g/mol. The second-order valence-electron chi connectivity index (χ2n) is 4.26. The fraction of sp³-hybridized carbons (Fsp3) is 0.133. The Hall–Kier alpha value is -2.43. The fourth-order valence-corrected chi connectivity index (χ4v) is 1.90. The Morgan fingerprint density at radius 3 is 2.55 bits per heavy atom. The first-order chi connectivity index (χ1) is 9.47. The molecule has 5 heteroatoms. The van der Waals surface area contributed by atoms with Crippen LogP contribution in [0.2, 0.25) is 0 Å². The minimum atomic E-state index is -2.96. The SMILES string of the molecule is Cc1cccc(-c2cc(C(=O)O)ccc2OC(F)F)c1. The summed E-state index contributed by atoms with van der Waals surface area (Å²) in [4.78, 5) is 11.0. The van der Waals surface area contributed by atoms with Gasteiger partial charge in [0.25, 0.3) is 0 Å². The van der Waals surface area contributed by atoms with Crippen LogP contribution in [0.4, 0.5) is 8.78 Å². The van der Waals surface area contributed by atoms with Crippen LogP contribution in [0.3, 0.4) is 0 Å². The topological polar surface area (TPSA) is 46.5 Å². The van der Waals surface area contributed by atoms with E-state index in [1.54, 1.807) is 18.2 Å². The first kappa shape index (κ1) is 14.0. The number of hydrogen-bond acceptors (Lipinski definition) is 2. The van der Waals surface area contributed by atoms with Gasteiger partial charge in [0.05, 0.1) is 5.56 Å². The number of benzene rings is 2. The van der Waals surface area contributed by atoms with Gasteiger partial charge in [-0.2, -0.15) is 8.78 Å². The first-order valence-corrected chi connectivity index (χ1v) is 5.86. The summed E-state index contributed by atoms with van der Waals surface area (Å²) in [7, 11) is 0. The van der Waals surface area contributed by atoms with E-state index < -0.39 is 12.6 Å². The predicted octanol–water partition coefficient (Wildman–Crippen LogP) is 3.96. The molecule has 0 fully saturated rings. The quantitative estimate of drug-likeness (QED) is 0.920. The van der Waals surface area contributed by atoms with Crippen LogP contribution in [0.15, 0.2) is 42.5 Å². The maximum Gasteiger partial charge on any atom is 0.387 e. The summed E-state index contributed by atoms with van der Waals surface area (Å²) in [6, 6.07) is 10.9. The second kappa shape index (κ2) is 5.69. The van der Waals surface area contributed by atoms with Crippen LogP contribution in [0.1, 0.15) is 15.9 Å². The summed E-state index contributed by atoms with van der Waals surface area (Å²) < 4.78 is 29.3. The molecule has 0 saturated carbocycles. The molecule has 0 amide bonds. The Morgan fingerprint density at radius 1 is 1.20 bits per heavy atom. The smallest absolute Gasteiger partial charge is 0.387 e. The lowest BCUT2D eigenvalue weighted by molar-refractivity contribution is -0.0494. The molecule has 0 saturated heterocycles. The third kappa shape index (κ3) is 3.12. The average molecular weight is 278 g/mol. The van der Waals surface area contributed by atoms with Crippen molar-refractivity contribution in [3.05, 3.63) is 53.6 Å². The molecule has 104 valence electrons. The van der Waals surface area contributed by atoms with Crippen LogP contribution in [0.25, 0.3) is 11.1 Å². The highest BCUT2D eigenvalue weighted by Crippen LogP contribution is 2.32. The standard InChI is InChI=1S/C15H12F2O3/c1-9-3-2-4-10(7-9)12-8-11(14(18)19)5-6-13(12)20-15(16)17/h2-8,15H,1H3,(H,18,19). The van der Waals surface area contributed by atoms with Crippen molar-refractivity contribution in [1.82, 2.24) is 0 Å². The van der Waals surface area contributed by atoms with Crippen molar-refractivity contribution in [2.45, 2.75) is 13.5 Å². The molecule has 0 atom stereocenters. The number of hydrogen-bond donors (Lipinski definition) is 1. The van der Waals surface area contributed by atoms with Crippen LogP contribution in [-0.2, 0) is 0 Å². The largest absolute Gasteiger partial charge is 0.478 e. The van der Waals surface area contributed by atoms with Crippen molar-refractivity contribution in [3.8, 4) is 16.9 Å². The van der Waals surface area contributed by atoms with Gasteiger partial charge in [0.2, 0.25) is 0 Å². The van der Waals surface area contributed by atoms with Gasteiger partial charge in [-0.15, -0.1) is 0 Å². The van der Waals surface area contributed by atoms with Crippen molar-refractivity contribution in [3.63, 3.8) is 0 Å². The highest BCUT2D eigenvalue weighted by molar-refractivity contribution is 5.90. The second-order valence-corrected chi connectivity index (χ2v) is 4.26. The van der Waals surface area contributed by atoms with E-state index in [4.69, 9.17) is 5.11 Å². The van der Waals surface area contributed by atoms with E-state index in [0.717, 1.165) is 5.56 Å². The van der Waals surface area contributed by atoms with Crippen molar-refractivity contribution in [1.29, 1.82) is 0 Å². The zero-order valence-corrected chi connectivity index (χ0v) is 10.6. The zero-order chi connectivity index (χ0) is 14.7. The third-order valence-electron chi connectivity index (χ3n) is 2.77. The highest BCUT2D eigenvalue weighted by Gasteiger charge is 2.14. The molecule has 3 nitrogen and oxygen atoms in total. The first-order valence-electron chi connectivity index (χ1n) is 5.86. The molecule has 2 aromatic carbocycles. The van der Waals surface area contributed by atoms with Gasteiger partial charge in [0, 0.05) is 5.56 Å². The Bertz CT molecular complexity index is 639. The van der Waals surface area contributed by atoms with E-state index in [1.165, 1.54) is 18.2 Å². The Kier molecular flexibility index (Phi) is 3.98. The molecular formula is C15H12F2O3. The summed E-state index contributed by atoms with van der Waals surface area (Å²) >= 11 is 0. The molecule has 0 radical (unpaired) electrons. The lowest BCUT2D eigenvalue weighted by Crippen LogP contribution is -2.04. The molecule has 0 aliphatic rings. The lowest BCUT2D eigenvalue weighted by atomic mass is 10.0. The maximum atomic E-state index is 12.4. The Labute approximate surface area is 114 Å². The van der Waals surface area contributed by atoms with Gasteiger partial charge in [0.1, 0.15) is 5.75 Å². The molecule has 0 heterocycles. The molecule has 0 spiro atoms. The lowest BCUT2D eigenvalue weighted by Gasteiger charge is -2.12. The van der Waals surface area contributed by atoms with E-state index >= 15 is 0 Å². The fourth-order valence-electron chi connectivity index (χ4n) is 1.90. The van der Waals surface area contributed by atoms with E-state index in [1.807, 2.05) is 13.0 Å². The van der Waals surface area contributed by atoms with Crippen molar-refractivity contribution in [2.24, 2.45) is 0 Å². The summed E-state index contributed by atoms with van der Waals surface area (Å²) in [6.45, 7) is -1.10. The van der Waals surface area contributed by atoms with E-state index in [9.17, 15) is 13.6 Å². The van der Waals surface area contributed by atoms with Crippen LogP contribution >= 0.6 is 0 Å². The Balaban J connectivity index is 2.56. The average Bonchev–Trinajstić information content (AvgIpc) is 2.38. The van der Waals surface area contributed by atoms with E-state index in [-0.39, 0.29) is 11.3 Å². The van der Waals surface area contributed by atoms with Crippen LogP contribution in [0.5, 0.6) is 5.75 Å². The number of carboxylic acid groups (broad SMARTS) is 1. The molecule has 0 aromatic heterocycles. The minimum Gasteiger partial charge on any atom is -0.478 e. The van der Waals surface area contributed by atoms with Gasteiger partial charge < -0.3 is 9.84 Å². The number of ether oxygens (including phenoxy) is 1. The molecule has 1 N–H and O–H groups in total. The molecule has 20 heavy (non-hydrogen) atoms. The van der Waals surface area contributed by atoms with Gasteiger partial charge in [-0.25, -0.2) is 4.79 Å². The van der Waals surface area contributed by atoms with Gasteiger partial charge >= 0.3 is 12.6 Å². The summed E-state index contributed by atoms with van der Waals surface area (Å²) in [5.74, 6) is -1.17. The van der Waals surface area contributed by atoms with Crippen LogP contribution in [-0.4, -0.2) is 17.7 Å².